The van der Waals surface area contributed by atoms with E-state index in [4.69, 9.17) is 0 Å². The Hall–Kier alpha value is -0.830. The van der Waals surface area contributed by atoms with E-state index in [0.29, 0.717) is 6.54 Å². The first-order valence-corrected chi connectivity index (χ1v) is 4.40. The second-order valence-electron chi connectivity index (χ2n) is 3.73. The number of aryl methyl sites for hydroxylation is 1. The third-order valence-corrected chi connectivity index (χ3v) is 2.51. The van der Waals surface area contributed by atoms with E-state index >= 15 is 0 Å². The van der Waals surface area contributed by atoms with Gasteiger partial charge in [-0.3, -0.25) is 4.68 Å². The first-order valence-electron chi connectivity index (χ1n) is 4.40. The summed E-state index contributed by atoms with van der Waals surface area (Å²) in [6.07, 6.45) is 4.92. The standard InChI is InChI=1S/C9H14N2O/c1-8-3-6-11(10-8)7-9(12)4-2-5-9/h3,6,12H,2,4-5,7H2,1H3. The minimum absolute atomic E-state index is 0.460. The summed E-state index contributed by atoms with van der Waals surface area (Å²) < 4.78 is 1.83. The molecule has 3 nitrogen and oxygen atoms in total. The molecule has 12 heavy (non-hydrogen) atoms. The van der Waals surface area contributed by atoms with Gasteiger partial charge in [-0.15, -0.1) is 0 Å². The van der Waals surface area contributed by atoms with Gasteiger partial charge in [0.05, 0.1) is 17.8 Å². The van der Waals surface area contributed by atoms with E-state index < -0.39 is 5.60 Å². The van der Waals surface area contributed by atoms with E-state index in [1.54, 1.807) is 0 Å². The Bertz CT molecular complexity index is 276. The van der Waals surface area contributed by atoms with Crippen molar-refractivity contribution in [3.63, 3.8) is 0 Å². The maximum Gasteiger partial charge on any atom is 0.0842 e. The largest absolute Gasteiger partial charge is 0.388 e. The SMILES string of the molecule is Cc1ccn(CC2(O)CCC2)n1. The number of aromatic nitrogens is 2. The molecule has 1 fully saturated rings. The number of hydrogen-bond acceptors (Lipinski definition) is 2. The van der Waals surface area contributed by atoms with Gasteiger partial charge in [0.2, 0.25) is 0 Å². The Morgan fingerprint density at radius 3 is 2.83 bits per heavy atom. The van der Waals surface area contributed by atoms with Gasteiger partial charge in [0.1, 0.15) is 0 Å². The van der Waals surface area contributed by atoms with Crippen molar-refractivity contribution in [1.29, 1.82) is 0 Å². The molecule has 1 aliphatic rings. The van der Waals surface area contributed by atoms with Crippen LogP contribution in [0.3, 0.4) is 0 Å². The van der Waals surface area contributed by atoms with Gasteiger partial charge in [-0.25, -0.2) is 0 Å². The second kappa shape index (κ2) is 2.59. The molecule has 66 valence electrons. The number of hydrogen-bond donors (Lipinski definition) is 1. The fourth-order valence-corrected chi connectivity index (χ4v) is 1.60. The summed E-state index contributed by atoms with van der Waals surface area (Å²) in [6, 6.07) is 1.96. The zero-order valence-electron chi connectivity index (χ0n) is 7.32. The molecule has 0 amide bonds. The predicted molar refractivity (Wildman–Crippen MR) is 45.8 cm³/mol. The van der Waals surface area contributed by atoms with Gasteiger partial charge in [0.15, 0.2) is 0 Å². The highest BCUT2D eigenvalue weighted by Crippen LogP contribution is 2.32. The Balaban J connectivity index is 2.03. The zero-order valence-corrected chi connectivity index (χ0v) is 7.32. The Labute approximate surface area is 72.0 Å². The minimum Gasteiger partial charge on any atom is -0.388 e. The molecule has 0 unspecified atom stereocenters. The van der Waals surface area contributed by atoms with Crippen LogP contribution in [0.1, 0.15) is 25.0 Å². The normalized spacial score (nSPS) is 20.5. The van der Waals surface area contributed by atoms with E-state index in [0.717, 1.165) is 25.0 Å². The quantitative estimate of drug-likeness (QED) is 0.714. The maximum absolute atomic E-state index is 9.81. The van der Waals surface area contributed by atoms with Crippen LogP contribution in [0.15, 0.2) is 12.3 Å². The molecule has 0 radical (unpaired) electrons. The molecule has 0 spiro atoms. The number of aliphatic hydroxyl groups is 1. The van der Waals surface area contributed by atoms with Crippen molar-refractivity contribution >= 4 is 0 Å². The zero-order chi connectivity index (χ0) is 8.60. The monoisotopic (exact) mass is 166 g/mol. The predicted octanol–water partition coefficient (Wildman–Crippen LogP) is 1.11. The minimum atomic E-state index is -0.460. The van der Waals surface area contributed by atoms with Crippen LogP contribution >= 0.6 is 0 Å². The van der Waals surface area contributed by atoms with E-state index in [9.17, 15) is 5.11 Å². The first-order chi connectivity index (χ1) is 5.68. The lowest BCUT2D eigenvalue weighted by molar-refractivity contribution is -0.0498. The Morgan fingerprint density at radius 2 is 2.42 bits per heavy atom. The van der Waals surface area contributed by atoms with Crippen LogP contribution in [0, 0.1) is 6.92 Å². The highest BCUT2D eigenvalue weighted by molar-refractivity contribution is 4.97. The molecule has 1 N–H and O–H groups in total. The fraction of sp³-hybridized carbons (Fsp3) is 0.667. The Morgan fingerprint density at radius 1 is 1.67 bits per heavy atom. The summed E-state index contributed by atoms with van der Waals surface area (Å²) in [6.45, 7) is 2.61. The van der Waals surface area contributed by atoms with Gasteiger partial charge >= 0.3 is 0 Å². The molecule has 1 aromatic rings. The van der Waals surface area contributed by atoms with Gasteiger partial charge in [0, 0.05) is 6.20 Å². The van der Waals surface area contributed by atoms with Crippen molar-refractivity contribution < 1.29 is 5.11 Å². The lowest BCUT2D eigenvalue weighted by Gasteiger charge is -2.36. The molecule has 1 aromatic heterocycles. The summed E-state index contributed by atoms with van der Waals surface area (Å²) in [5, 5.41) is 14.0. The molecule has 1 saturated carbocycles. The molecule has 1 heterocycles. The van der Waals surface area contributed by atoms with Crippen LogP contribution < -0.4 is 0 Å². The Kier molecular flexibility index (Phi) is 1.68. The van der Waals surface area contributed by atoms with E-state index in [-0.39, 0.29) is 0 Å². The molecule has 0 saturated heterocycles. The first kappa shape index (κ1) is 7.80. The third kappa shape index (κ3) is 1.37. The van der Waals surface area contributed by atoms with Crippen LogP contribution in [0.25, 0.3) is 0 Å². The van der Waals surface area contributed by atoms with Gasteiger partial charge in [0.25, 0.3) is 0 Å². The van der Waals surface area contributed by atoms with Gasteiger partial charge in [-0.2, -0.15) is 5.10 Å². The fourth-order valence-electron chi connectivity index (χ4n) is 1.60. The lowest BCUT2D eigenvalue weighted by atomic mass is 9.80. The van der Waals surface area contributed by atoms with Crippen molar-refractivity contribution in [2.75, 3.05) is 0 Å². The van der Waals surface area contributed by atoms with Gasteiger partial charge in [-0.1, -0.05) is 0 Å². The molecule has 3 heteroatoms. The van der Waals surface area contributed by atoms with Gasteiger partial charge in [-0.05, 0) is 32.3 Å². The smallest absolute Gasteiger partial charge is 0.0842 e. The molecular weight excluding hydrogens is 152 g/mol. The van der Waals surface area contributed by atoms with Crippen LogP contribution in [-0.4, -0.2) is 20.5 Å². The van der Waals surface area contributed by atoms with E-state index in [1.165, 1.54) is 0 Å². The lowest BCUT2D eigenvalue weighted by Crippen LogP contribution is -2.41. The summed E-state index contributed by atoms with van der Waals surface area (Å²) in [7, 11) is 0. The van der Waals surface area contributed by atoms with Gasteiger partial charge < -0.3 is 5.11 Å². The second-order valence-corrected chi connectivity index (χ2v) is 3.73. The number of nitrogens with zero attached hydrogens (tertiary/aromatic N) is 2. The topological polar surface area (TPSA) is 38.0 Å². The van der Waals surface area contributed by atoms with E-state index in [1.807, 2.05) is 23.9 Å². The van der Waals surface area contributed by atoms with Crippen LogP contribution in [0.5, 0.6) is 0 Å². The van der Waals surface area contributed by atoms with Crippen LogP contribution in [0.4, 0.5) is 0 Å². The summed E-state index contributed by atoms with van der Waals surface area (Å²) in [5.74, 6) is 0. The highest BCUT2D eigenvalue weighted by atomic mass is 16.3. The molecule has 1 aliphatic carbocycles. The van der Waals surface area contributed by atoms with Crippen molar-refractivity contribution in [1.82, 2.24) is 9.78 Å². The van der Waals surface area contributed by atoms with Crippen molar-refractivity contribution in [3.8, 4) is 0 Å². The molecule has 0 atom stereocenters. The van der Waals surface area contributed by atoms with Crippen molar-refractivity contribution in [2.24, 2.45) is 0 Å². The molecule has 0 aliphatic heterocycles. The van der Waals surface area contributed by atoms with E-state index in [2.05, 4.69) is 5.10 Å². The summed E-state index contributed by atoms with van der Waals surface area (Å²) >= 11 is 0. The average Bonchev–Trinajstić information content (AvgIpc) is 2.32. The van der Waals surface area contributed by atoms with Crippen molar-refractivity contribution in [3.05, 3.63) is 18.0 Å². The molecule has 2 rings (SSSR count). The third-order valence-electron chi connectivity index (χ3n) is 2.51. The average molecular weight is 166 g/mol. The molecule has 0 bridgehead atoms. The van der Waals surface area contributed by atoms with Crippen molar-refractivity contribution in [2.45, 2.75) is 38.3 Å². The number of rotatable bonds is 2. The van der Waals surface area contributed by atoms with Crippen LogP contribution in [0.2, 0.25) is 0 Å². The van der Waals surface area contributed by atoms with Crippen LogP contribution in [-0.2, 0) is 6.54 Å². The molecular formula is C9H14N2O. The summed E-state index contributed by atoms with van der Waals surface area (Å²) in [4.78, 5) is 0. The molecule has 0 aromatic carbocycles. The highest BCUT2D eigenvalue weighted by Gasteiger charge is 2.34. The maximum atomic E-state index is 9.81. The summed E-state index contributed by atoms with van der Waals surface area (Å²) in [5.41, 5.74) is 0.552.